The van der Waals surface area contributed by atoms with Crippen molar-refractivity contribution in [2.45, 2.75) is 44.9 Å². The zero-order valence-electron chi connectivity index (χ0n) is 16.7. The Morgan fingerprint density at radius 3 is 2.07 bits per heavy atom. The molecule has 5 nitrogen and oxygen atoms in total. The van der Waals surface area contributed by atoms with Crippen LogP contribution in [0.5, 0.6) is 5.75 Å². The first-order chi connectivity index (χ1) is 13.9. The minimum Gasteiger partial charge on any atom is -0.430 e. The fourth-order valence-electron chi connectivity index (χ4n) is 3.00. The molecule has 0 bridgehead atoms. The van der Waals surface area contributed by atoms with Crippen molar-refractivity contribution in [3.05, 3.63) is 29.8 Å². The Morgan fingerprint density at radius 1 is 1.03 bits per heavy atom. The molecule has 1 aromatic rings. The van der Waals surface area contributed by atoms with Gasteiger partial charge in [0.05, 0.1) is 6.54 Å². The molecule has 0 spiro atoms. The molecule has 170 valence electrons. The van der Waals surface area contributed by atoms with Gasteiger partial charge in [-0.1, -0.05) is 12.1 Å². The van der Waals surface area contributed by atoms with Crippen LogP contribution in [0.15, 0.2) is 24.3 Å². The molecule has 1 heterocycles. The van der Waals surface area contributed by atoms with Crippen molar-refractivity contribution in [1.82, 2.24) is 15.1 Å². The van der Waals surface area contributed by atoms with Gasteiger partial charge in [0, 0.05) is 38.8 Å². The molecule has 1 aromatic carbocycles. The standard InChI is InChI=1S/C19H25F6N3O2/c1-13(2)26-16(29)12-28-9-7-27(8-10-28)11-14-3-5-15(6-4-14)30-19(24,25)17(20)18(21,22)23/h3-6,13,17H,7-12H2,1-2H3,(H,26,29)/t17-/m1/s1. The molecule has 1 atom stereocenters. The molecule has 30 heavy (non-hydrogen) atoms. The van der Waals surface area contributed by atoms with Crippen molar-refractivity contribution < 1.29 is 35.9 Å². The molecule has 0 aromatic heterocycles. The molecule has 2 rings (SSSR count). The van der Waals surface area contributed by atoms with Crippen molar-refractivity contribution in [3.63, 3.8) is 0 Å². The SMILES string of the molecule is CC(C)NC(=O)CN1CCN(Cc2ccc(OC(F)(F)[C@H](F)C(F)(F)F)cc2)CC1. The minimum absolute atomic E-state index is 0.0353. The average Bonchev–Trinajstić information content (AvgIpc) is 2.62. The lowest BCUT2D eigenvalue weighted by Gasteiger charge is -2.34. The van der Waals surface area contributed by atoms with E-state index < -0.39 is 24.2 Å². The lowest BCUT2D eigenvalue weighted by Crippen LogP contribution is -2.49. The molecule has 1 amide bonds. The van der Waals surface area contributed by atoms with Crippen LogP contribution in [0.1, 0.15) is 19.4 Å². The fourth-order valence-corrected chi connectivity index (χ4v) is 3.00. The van der Waals surface area contributed by atoms with Crippen LogP contribution in [0.3, 0.4) is 0 Å². The second kappa shape index (κ2) is 9.86. The Morgan fingerprint density at radius 2 is 1.57 bits per heavy atom. The van der Waals surface area contributed by atoms with E-state index in [1.165, 1.54) is 12.1 Å². The number of nitrogens with zero attached hydrogens (tertiary/aromatic N) is 2. The molecule has 1 aliphatic rings. The molecule has 0 unspecified atom stereocenters. The topological polar surface area (TPSA) is 44.8 Å². The number of hydrogen-bond acceptors (Lipinski definition) is 4. The quantitative estimate of drug-likeness (QED) is 0.630. The molecule has 0 saturated carbocycles. The first kappa shape index (κ1) is 24.3. The second-order valence-electron chi connectivity index (χ2n) is 7.49. The molecule has 1 aliphatic heterocycles. The molecule has 1 fully saturated rings. The van der Waals surface area contributed by atoms with Crippen molar-refractivity contribution >= 4 is 5.91 Å². The van der Waals surface area contributed by atoms with E-state index in [9.17, 15) is 31.1 Å². The van der Waals surface area contributed by atoms with E-state index in [1.807, 2.05) is 18.7 Å². The summed E-state index contributed by atoms with van der Waals surface area (Å²) in [7, 11) is 0. The molecule has 1 saturated heterocycles. The maximum Gasteiger partial charge on any atom is 0.439 e. The minimum atomic E-state index is -5.72. The largest absolute Gasteiger partial charge is 0.439 e. The monoisotopic (exact) mass is 441 g/mol. The Bertz CT molecular complexity index is 689. The molecule has 0 aliphatic carbocycles. The number of nitrogens with one attached hydrogen (secondary N) is 1. The Balaban J connectivity index is 1.82. The molecule has 0 radical (unpaired) electrons. The maximum atomic E-state index is 13.3. The van der Waals surface area contributed by atoms with Crippen LogP contribution in [0.25, 0.3) is 0 Å². The summed E-state index contributed by atoms with van der Waals surface area (Å²) in [6, 6.07) is 5.12. The number of hydrogen-bond donors (Lipinski definition) is 1. The summed E-state index contributed by atoms with van der Waals surface area (Å²) in [6.07, 6.45) is -15.2. The van der Waals surface area contributed by atoms with Crippen LogP contribution in [0, 0.1) is 0 Å². The number of alkyl halides is 6. The Hall–Kier alpha value is -2.01. The third-order valence-electron chi connectivity index (χ3n) is 4.45. The van der Waals surface area contributed by atoms with Crippen LogP contribution in [-0.2, 0) is 11.3 Å². The van der Waals surface area contributed by atoms with Crippen molar-refractivity contribution in [1.29, 1.82) is 0 Å². The predicted octanol–water partition coefficient (Wildman–Crippen LogP) is 3.20. The number of piperazine rings is 1. The highest BCUT2D eigenvalue weighted by atomic mass is 19.4. The lowest BCUT2D eigenvalue weighted by molar-refractivity contribution is -0.304. The predicted molar refractivity (Wildman–Crippen MR) is 98.0 cm³/mol. The summed E-state index contributed by atoms with van der Waals surface area (Å²) in [5.41, 5.74) is 0.740. The van der Waals surface area contributed by atoms with Gasteiger partial charge in [0.25, 0.3) is 6.17 Å². The summed E-state index contributed by atoms with van der Waals surface area (Å²) in [5, 5.41) is 2.83. The number of benzene rings is 1. The van der Waals surface area contributed by atoms with Crippen molar-refractivity contribution in [2.75, 3.05) is 32.7 Å². The molecular formula is C19H25F6N3O2. The van der Waals surface area contributed by atoms with Gasteiger partial charge >= 0.3 is 12.3 Å². The van der Waals surface area contributed by atoms with E-state index in [-0.39, 0.29) is 11.9 Å². The van der Waals surface area contributed by atoms with Crippen molar-refractivity contribution in [3.8, 4) is 5.75 Å². The van der Waals surface area contributed by atoms with E-state index >= 15 is 0 Å². The Kier molecular flexibility index (Phi) is 7.98. The second-order valence-corrected chi connectivity index (χ2v) is 7.49. The number of carbonyl (C=O) groups is 1. The van der Waals surface area contributed by atoms with E-state index in [0.717, 1.165) is 17.7 Å². The average molecular weight is 441 g/mol. The summed E-state index contributed by atoms with van der Waals surface area (Å²) >= 11 is 0. The van der Waals surface area contributed by atoms with Crippen LogP contribution in [0.4, 0.5) is 26.3 Å². The van der Waals surface area contributed by atoms with Gasteiger partial charge in [0.15, 0.2) is 0 Å². The van der Waals surface area contributed by atoms with Crippen LogP contribution in [0.2, 0.25) is 0 Å². The first-order valence-electron chi connectivity index (χ1n) is 9.47. The first-order valence-corrected chi connectivity index (χ1v) is 9.47. The van der Waals surface area contributed by atoms with Gasteiger partial charge in [0.2, 0.25) is 5.91 Å². The van der Waals surface area contributed by atoms with Gasteiger partial charge in [-0.25, -0.2) is 4.39 Å². The molecule has 1 N–H and O–H groups in total. The number of rotatable bonds is 8. The van der Waals surface area contributed by atoms with Gasteiger partial charge < -0.3 is 10.1 Å². The van der Waals surface area contributed by atoms with Gasteiger partial charge in [0.1, 0.15) is 5.75 Å². The third kappa shape index (κ3) is 7.35. The summed E-state index contributed by atoms with van der Waals surface area (Å²) in [4.78, 5) is 15.9. The van der Waals surface area contributed by atoms with Gasteiger partial charge in [-0.15, -0.1) is 0 Å². The third-order valence-corrected chi connectivity index (χ3v) is 4.45. The highest BCUT2D eigenvalue weighted by Gasteiger charge is 2.59. The smallest absolute Gasteiger partial charge is 0.430 e. The lowest BCUT2D eigenvalue weighted by atomic mass is 10.2. The maximum absolute atomic E-state index is 13.3. The number of carbonyl (C=O) groups excluding carboxylic acids is 1. The van der Waals surface area contributed by atoms with Crippen molar-refractivity contribution in [2.24, 2.45) is 0 Å². The summed E-state index contributed by atoms with van der Waals surface area (Å²) in [5.74, 6) is -0.594. The van der Waals surface area contributed by atoms with Crippen LogP contribution in [-0.4, -0.2) is 72.9 Å². The Labute approximate surface area is 171 Å². The zero-order valence-corrected chi connectivity index (χ0v) is 16.7. The number of ether oxygens (including phenoxy) is 1. The van der Waals surface area contributed by atoms with E-state index in [0.29, 0.717) is 39.3 Å². The van der Waals surface area contributed by atoms with E-state index in [1.54, 1.807) is 0 Å². The summed E-state index contributed by atoms with van der Waals surface area (Å²) < 4.78 is 79.9. The number of halogens is 6. The zero-order chi connectivity index (χ0) is 22.5. The highest BCUT2D eigenvalue weighted by Crippen LogP contribution is 2.36. The molecule has 11 heteroatoms. The number of amides is 1. The summed E-state index contributed by atoms with van der Waals surface area (Å²) in [6.45, 7) is 7.36. The highest BCUT2D eigenvalue weighted by molar-refractivity contribution is 5.78. The molecular weight excluding hydrogens is 416 g/mol. The van der Waals surface area contributed by atoms with Gasteiger partial charge in [-0.3, -0.25) is 14.6 Å². The van der Waals surface area contributed by atoms with Crippen LogP contribution < -0.4 is 10.1 Å². The van der Waals surface area contributed by atoms with Gasteiger partial charge in [-0.2, -0.15) is 22.0 Å². The van der Waals surface area contributed by atoms with Gasteiger partial charge in [-0.05, 0) is 31.5 Å². The van der Waals surface area contributed by atoms with E-state index in [2.05, 4.69) is 15.0 Å². The van der Waals surface area contributed by atoms with E-state index in [4.69, 9.17) is 0 Å². The van der Waals surface area contributed by atoms with Crippen LogP contribution >= 0.6 is 0 Å². The normalized spacial score (nSPS) is 17.8. The fraction of sp³-hybridized carbons (Fsp3) is 0.632.